The number of rotatable bonds is 5. The third-order valence-corrected chi connectivity index (χ3v) is 5.44. The number of methoxy groups -OCH3 is 3. The number of piperazine rings is 1. The van der Waals surface area contributed by atoms with E-state index in [0.29, 0.717) is 60.4 Å². The Morgan fingerprint density at radius 2 is 1.65 bits per heavy atom. The Kier molecular flexibility index (Phi) is 5.75. The standard InChI is InChI=1S/C22H25N3O6/c1-28-18-11-15(12-19(29-2)21(18)30-3)24-6-8-25(9-7-24)22(27)14-4-5-17-16(10-14)23-20(26)13-31-17/h4-5,10-12H,6-9,13H2,1-3H3,(H,23,26). The van der Waals surface area contributed by atoms with Crippen LogP contribution in [0.5, 0.6) is 23.0 Å². The number of carbonyl (C=O) groups excluding carboxylic acids is 2. The van der Waals surface area contributed by atoms with Crippen molar-refractivity contribution in [2.45, 2.75) is 0 Å². The summed E-state index contributed by atoms with van der Waals surface area (Å²) < 4.78 is 21.6. The summed E-state index contributed by atoms with van der Waals surface area (Å²) in [7, 11) is 4.75. The van der Waals surface area contributed by atoms with Crippen LogP contribution in [0.1, 0.15) is 10.4 Å². The van der Waals surface area contributed by atoms with Crippen molar-refractivity contribution in [3.63, 3.8) is 0 Å². The Bertz CT molecular complexity index is 976. The molecule has 0 aromatic heterocycles. The fraction of sp³-hybridized carbons (Fsp3) is 0.364. The van der Waals surface area contributed by atoms with E-state index in [1.54, 1.807) is 39.5 Å². The van der Waals surface area contributed by atoms with Gasteiger partial charge in [0.25, 0.3) is 11.8 Å². The predicted molar refractivity (Wildman–Crippen MR) is 115 cm³/mol. The van der Waals surface area contributed by atoms with E-state index in [-0.39, 0.29) is 18.4 Å². The molecule has 2 aliphatic heterocycles. The average molecular weight is 427 g/mol. The summed E-state index contributed by atoms with van der Waals surface area (Å²) >= 11 is 0. The summed E-state index contributed by atoms with van der Waals surface area (Å²) in [5, 5.41) is 2.74. The highest BCUT2D eigenvalue weighted by molar-refractivity contribution is 6.00. The normalized spacial score (nSPS) is 15.5. The average Bonchev–Trinajstić information content (AvgIpc) is 2.82. The number of nitrogens with one attached hydrogen (secondary N) is 1. The Morgan fingerprint density at radius 3 is 2.26 bits per heavy atom. The minimum Gasteiger partial charge on any atom is -0.493 e. The first kappa shape index (κ1) is 20.6. The van der Waals surface area contributed by atoms with Gasteiger partial charge in [-0.1, -0.05) is 0 Å². The summed E-state index contributed by atoms with van der Waals surface area (Å²) in [6, 6.07) is 8.93. The molecule has 0 aliphatic carbocycles. The van der Waals surface area contributed by atoms with Crippen LogP contribution in [0.4, 0.5) is 11.4 Å². The second-order valence-electron chi connectivity index (χ2n) is 7.21. The van der Waals surface area contributed by atoms with E-state index in [2.05, 4.69) is 10.2 Å². The molecule has 2 aliphatic rings. The van der Waals surface area contributed by atoms with Gasteiger partial charge in [-0.05, 0) is 18.2 Å². The van der Waals surface area contributed by atoms with Crippen molar-refractivity contribution in [2.75, 3.05) is 64.3 Å². The van der Waals surface area contributed by atoms with Crippen molar-refractivity contribution >= 4 is 23.2 Å². The summed E-state index contributed by atoms with van der Waals surface area (Å²) in [6.07, 6.45) is 0. The van der Waals surface area contributed by atoms with Crippen molar-refractivity contribution in [3.05, 3.63) is 35.9 Å². The number of hydrogen-bond donors (Lipinski definition) is 1. The highest BCUT2D eigenvalue weighted by Crippen LogP contribution is 2.41. The third kappa shape index (κ3) is 4.03. The molecule has 1 saturated heterocycles. The zero-order valence-electron chi connectivity index (χ0n) is 17.8. The molecule has 0 radical (unpaired) electrons. The van der Waals surface area contributed by atoms with E-state index in [9.17, 15) is 9.59 Å². The van der Waals surface area contributed by atoms with Gasteiger partial charge in [-0.3, -0.25) is 9.59 Å². The van der Waals surface area contributed by atoms with E-state index in [0.717, 1.165) is 5.69 Å². The van der Waals surface area contributed by atoms with Gasteiger partial charge in [0.05, 0.1) is 27.0 Å². The largest absolute Gasteiger partial charge is 0.493 e. The number of hydrogen-bond acceptors (Lipinski definition) is 7. The van der Waals surface area contributed by atoms with Crippen LogP contribution in [0.25, 0.3) is 0 Å². The number of fused-ring (bicyclic) bond motifs is 1. The summed E-state index contributed by atoms with van der Waals surface area (Å²) in [6.45, 7) is 2.44. The second-order valence-corrected chi connectivity index (χ2v) is 7.21. The zero-order valence-corrected chi connectivity index (χ0v) is 17.8. The molecule has 0 atom stereocenters. The molecule has 2 aromatic carbocycles. The van der Waals surface area contributed by atoms with Crippen LogP contribution in [0.2, 0.25) is 0 Å². The maximum Gasteiger partial charge on any atom is 0.262 e. The number of carbonyl (C=O) groups is 2. The second kappa shape index (κ2) is 8.63. The number of amides is 2. The smallest absolute Gasteiger partial charge is 0.262 e. The first-order valence-electron chi connectivity index (χ1n) is 9.95. The quantitative estimate of drug-likeness (QED) is 0.781. The van der Waals surface area contributed by atoms with E-state index in [4.69, 9.17) is 18.9 Å². The van der Waals surface area contributed by atoms with E-state index >= 15 is 0 Å². The fourth-order valence-corrected chi connectivity index (χ4v) is 3.82. The molecule has 9 heteroatoms. The van der Waals surface area contributed by atoms with Gasteiger partial charge in [-0.15, -0.1) is 0 Å². The topological polar surface area (TPSA) is 89.6 Å². The third-order valence-electron chi connectivity index (χ3n) is 5.44. The molecule has 0 bridgehead atoms. The molecule has 0 spiro atoms. The lowest BCUT2D eigenvalue weighted by Gasteiger charge is -2.36. The minimum absolute atomic E-state index is 0.0107. The minimum atomic E-state index is -0.226. The van der Waals surface area contributed by atoms with E-state index < -0.39 is 0 Å². The Balaban J connectivity index is 1.46. The van der Waals surface area contributed by atoms with Crippen molar-refractivity contribution in [1.29, 1.82) is 0 Å². The van der Waals surface area contributed by atoms with Gasteiger partial charge in [0.2, 0.25) is 5.75 Å². The number of benzene rings is 2. The Hall–Kier alpha value is -3.62. The number of ether oxygens (including phenoxy) is 4. The van der Waals surface area contributed by atoms with E-state index in [1.165, 1.54) is 0 Å². The lowest BCUT2D eigenvalue weighted by molar-refractivity contribution is -0.118. The maximum atomic E-state index is 13.0. The molecule has 1 fully saturated rings. The van der Waals surface area contributed by atoms with Crippen molar-refractivity contribution < 1.29 is 28.5 Å². The molecule has 0 saturated carbocycles. The van der Waals surface area contributed by atoms with Crippen LogP contribution >= 0.6 is 0 Å². The van der Waals surface area contributed by atoms with Gasteiger partial charge < -0.3 is 34.1 Å². The van der Waals surface area contributed by atoms with E-state index in [1.807, 2.05) is 17.0 Å². The first-order chi connectivity index (χ1) is 15.0. The maximum absolute atomic E-state index is 13.0. The first-order valence-corrected chi connectivity index (χ1v) is 9.95. The molecule has 9 nitrogen and oxygen atoms in total. The molecular formula is C22H25N3O6. The molecule has 4 rings (SSSR count). The summed E-state index contributed by atoms with van der Waals surface area (Å²) in [5.74, 6) is 2.00. The van der Waals surface area contributed by atoms with Crippen LogP contribution in [-0.4, -0.2) is 70.8 Å². The highest BCUT2D eigenvalue weighted by atomic mass is 16.5. The highest BCUT2D eigenvalue weighted by Gasteiger charge is 2.25. The SMILES string of the molecule is COc1cc(N2CCN(C(=O)c3ccc4c(c3)NC(=O)CO4)CC2)cc(OC)c1OC. The lowest BCUT2D eigenvalue weighted by atomic mass is 10.1. The van der Waals surface area contributed by atoms with Crippen LogP contribution < -0.4 is 29.2 Å². The Labute approximate surface area is 180 Å². The van der Waals surface area contributed by atoms with Crippen molar-refractivity contribution in [2.24, 2.45) is 0 Å². The Morgan fingerprint density at radius 1 is 0.968 bits per heavy atom. The van der Waals surface area contributed by atoms with Gasteiger partial charge in [0.1, 0.15) is 5.75 Å². The molecule has 1 N–H and O–H groups in total. The fourth-order valence-electron chi connectivity index (χ4n) is 3.82. The number of anilines is 2. The molecular weight excluding hydrogens is 402 g/mol. The predicted octanol–water partition coefficient (Wildman–Crippen LogP) is 2.01. The summed E-state index contributed by atoms with van der Waals surface area (Å²) in [5.41, 5.74) is 1.99. The van der Waals surface area contributed by atoms with Crippen LogP contribution in [-0.2, 0) is 4.79 Å². The van der Waals surface area contributed by atoms with Crippen LogP contribution in [0, 0.1) is 0 Å². The molecule has 164 valence electrons. The van der Waals surface area contributed by atoms with Gasteiger partial charge in [0, 0.05) is 49.6 Å². The lowest BCUT2D eigenvalue weighted by Crippen LogP contribution is -2.48. The molecule has 2 heterocycles. The number of nitrogens with zero attached hydrogens (tertiary/aromatic N) is 2. The zero-order chi connectivity index (χ0) is 22.0. The van der Waals surface area contributed by atoms with Gasteiger partial charge >= 0.3 is 0 Å². The van der Waals surface area contributed by atoms with Crippen LogP contribution in [0.15, 0.2) is 30.3 Å². The van der Waals surface area contributed by atoms with Gasteiger partial charge in [0.15, 0.2) is 18.1 Å². The van der Waals surface area contributed by atoms with Crippen molar-refractivity contribution in [3.8, 4) is 23.0 Å². The monoisotopic (exact) mass is 427 g/mol. The van der Waals surface area contributed by atoms with Gasteiger partial charge in [-0.2, -0.15) is 0 Å². The van der Waals surface area contributed by atoms with Gasteiger partial charge in [-0.25, -0.2) is 0 Å². The molecule has 0 unspecified atom stereocenters. The summed E-state index contributed by atoms with van der Waals surface area (Å²) in [4.78, 5) is 28.5. The molecule has 31 heavy (non-hydrogen) atoms. The van der Waals surface area contributed by atoms with Crippen LogP contribution in [0.3, 0.4) is 0 Å². The van der Waals surface area contributed by atoms with Crippen molar-refractivity contribution in [1.82, 2.24) is 4.90 Å². The molecule has 2 aromatic rings. The molecule has 2 amide bonds.